The van der Waals surface area contributed by atoms with E-state index in [9.17, 15) is 0 Å². The minimum atomic E-state index is 0.348. The highest BCUT2D eigenvalue weighted by molar-refractivity contribution is 5.82. The second-order valence-corrected chi connectivity index (χ2v) is 5.66. The Balaban J connectivity index is 1.68. The van der Waals surface area contributed by atoms with Crippen LogP contribution < -0.4 is 5.43 Å². The molecule has 1 atom stereocenters. The number of aryl methyl sites for hydroxylation is 1. The Kier molecular flexibility index (Phi) is 4.53. The lowest BCUT2D eigenvalue weighted by Gasteiger charge is -2.14. The van der Waals surface area contributed by atoms with E-state index in [0.717, 1.165) is 31.0 Å². The minimum Gasteiger partial charge on any atom is -0.376 e. The number of hydrogen-bond acceptors (Lipinski definition) is 4. The smallest absolute Gasteiger partial charge is 0.146 e. The Bertz CT molecular complexity index is 642. The zero-order valence-electron chi connectivity index (χ0n) is 13.1. The van der Waals surface area contributed by atoms with Crippen molar-refractivity contribution in [3.8, 4) is 0 Å². The van der Waals surface area contributed by atoms with Crippen molar-refractivity contribution in [2.75, 3.05) is 12.0 Å². The third-order valence-electron chi connectivity index (χ3n) is 4.07. The van der Waals surface area contributed by atoms with E-state index >= 15 is 0 Å². The lowest BCUT2D eigenvalue weighted by molar-refractivity contribution is 0.0962. The summed E-state index contributed by atoms with van der Waals surface area (Å²) in [6, 6.07) is 7.86. The van der Waals surface area contributed by atoms with Crippen molar-refractivity contribution in [1.29, 1.82) is 0 Å². The van der Waals surface area contributed by atoms with E-state index in [1.807, 2.05) is 24.4 Å². The predicted octanol–water partition coefficient (Wildman–Crippen LogP) is 3.12. The average Bonchev–Trinajstić information content (AvgIpc) is 3.13. The fraction of sp³-hybridized carbons (Fsp3) is 0.412. The molecule has 0 aliphatic carbocycles. The first kappa shape index (κ1) is 14.8. The number of pyridine rings is 1. The Morgan fingerprint density at radius 2 is 2.36 bits per heavy atom. The van der Waals surface area contributed by atoms with Crippen LogP contribution >= 0.6 is 0 Å². The standard InChI is InChI=1S/C17H22N4O/c1-13-10-15(11-19-20-17-7-3-4-8-18-17)14(2)21(13)12-16-6-5-9-22-16/h3-4,7-8,10-11,16H,5-6,9,12H2,1-2H3,(H,18,20)/b19-11-/t16-/m0/s1. The molecule has 2 aromatic heterocycles. The van der Waals surface area contributed by atoms with Gasteiger partial charge in [-0.2, -0.15) is 5.10 Å². The molecule has 0 spiro atoms. The summed E-state index contributed by atoms with van der Waals surface area (Å²) in [6.07, 6.45) is 6.27. The van der Waals surface area contributed by atoms with Crippen molar-refractivity contribution >= 4 is 12.0 Å². The second kappa shape index (κ2) is 6.75. The molecule has 0 radical (unpaired) electrons. The summed E-state index contributed by atoms with van der Waals surface area (Å²) >= 11 is 0. The monoisotopic (exact) mass is 298 g/mol. The van der Waals surface area contributed by atoms with Crippen LogP contribution in [0, 0.1) is 13.8 Å². The summed E-state index contributed by atoms with van der Waals surface area (Å²) < 4.78 is 8.06. The summed E-state index contributed by atoms with van der Waals surface area (Å²) in [5, 5.41) is 4.28. The molecule has 1 aliphatic heterocycles. The molecular formula is C17H22N4O. The molecule has 1 saturated heterocycles. The van der Waals surface area contributed by atoms with E-state index in [4.69, 9.17) is 4.74 Å². The Hall–Kier alpha value is -2.14. The van der Waals surface area contributed by atoms with Crippen LogP contribution in [0.3, 0.4) is 0 Å². The first-order valence-corrected chi connectivity index (χ1v) is 7.72. The van der Waals surface area contributed by atoms with Gasteiger partial charge in [-0.1, -0.05) is 6.07 Å². The summed E-state index contributed by atoms with van der Waals surface area (Å²) in [5.41, 5.74) is 6.54. The third-order valence-corrected chi connectivity index (χ3v) is 4.07. The van der Waals surface area contributed by atoms with Gasteiger partial charge in [0.15, 0.2) is 0 Å². The molecule has 1 fully saturated rings. The van der Waals surface area contributed by atoms with Gasteiger partial charge in [0, 0.05) is 36.3 Å². The molecule has 116 valence electrons. The van der Waals surface area contributed by atoms with Crippen molar-refractivity contribution in [2.45, 2.75) is 39.3 Å². The highest BCUT2D eigenvalue weighted by atomic mass is 16.5. The number of hydrazone groups is 1. The van der Waals surface area contributed by atoms with E-state index in [2.05, 4.69) is 40.0 Å². The SMILES string of the molecule is Cc1cc(/C=N\Nc2ccccn2)c(C)n1C[C@@H]1CCCO1. The average molecular weight is 298 g/mol. The summed E-state index contributed by atoms with van der Waals surface area (Å²) in [7, 11) is 0. The van der Waals surface area contributed by atoms with Gasteiger partial charge in [-0.25, -0.2) is 4.98 Å². The van der Waals surface area contributed by atoms with E-state index in [-0.39, 0.29) is 0 Å². The number of anilines is 1. The molecule has 0 aromatic carbocycles. The van der Waals surface area contributed by atoms with Crippen LogP contribution in [0.5, 0.6) is 0 Å². The van der Waals surface area contributed by atoms with Crippen LogP contribution in [-0.4, -0.2) is 28.5 Å². The maximum Gasteiger partial charge on any atom is 0.146 e. The summed E-state index contributed by atoms with van der Waals surface area (Å²) in [6.45, 7) is 6.08. The second-order valence-electron chi connectivity index (χ2n) is 5.66. The van der Waals surface area contributed by atoms with Gasteiger partial charge >= 0.3 is 0 Å². The molecule has 0 amide bonds. The van der Waals surface area contributed by atoms with Gasteiger partial charge in [-0.3, -0.25) is 5.43 Å². The van der Waals surface area contributed by atoms with Gasteiger partial charge in [0.05, 0.1) is 12.3 Å². The zero-order valence-corrected chi connectivity index (χ0v) is 13.1. The van der Waals surface area contributed by atoms with Crippen LogP contribution in [-0.2, 0) is 11.3 Å². The van der Waals surface area contributed by atoms with Gasteiger partial charge in [0.25, 0.3) is 0 Å². The van der Waals surface area contributed by atoms with Gasteiger partial charge in [0.1, 0.15) is 5.82 Å². The van der Waals surface area contributed by atoms with Crippen LogP contribution in [0.4, 0.5) is 5.82 Å². The van der Waals surface area contributed by atoms with Gasteiger partial charge in [0.2, 0.25) is 0 Å². The summed E-state index contributed by atoms with van der Waals surface area (Å²) in [4.78, 5) is 4.18. The number of rotatable bonds is 5. The lowest BCUT2D eigenvalue weighted by Crippen LogP contribution is -2.16. The van der Waals surface area contributed by atoms with Crippen molar-refractivity contribution in [3.05, 3.63) is 47.4 Å². The molecule has 0 saturated carbocycles. The first-order chi connectivity index (χ1) is 10.7. The topological polar surface area (TPSA) is 51.4 Å². The van der Waals surface area contributed by atoms with Crippen LogP contribution in [0.2, 0.25) is 0 Å². The number of nitrogens with one attached hydrogen (secondary N) is 1. The van der Waals surface area contributed by atoms with Gasteiger partial charge < -0.3 is 9.30 Å². The molecule has 0 unspecified atom stereocenters. The molecule has 0 bridgehead atoms. The number of hydrogen-bond donors (Lipinski definition) is 1. The number of nitrogens with zero attached hydrogens (tertiary/aromatic N) is 3. The van der Waals surface area contributed by atoms with E-state index < -0.39 is 0 Å². The molecule has 2 aromatic rings. The Labute approximate surface area is 131 Å². The predicted molar refractivity (Wildman–Crippen MR) is 88.3 cm³/mol. The van der Waals surface area contributed by atoms with E-state index in [1.54, 1.807) is 6.20 Å². The lowest BCUT2D eigenvalue weighted by atomic mass is 10.2. The third kappa shape index (κ3) is 3.36. The largest absolute Gasteiger partial charge is 0.376 e. The zero-order chi connectivity index (χ0) is 15.4. The van der Waals surface area contributed by atoms with E-state index in [1.165, 1.54) is 17.8 Å². The maximum absolute atomic E-state index is 5.74. The quantitative estimate of drug-likeness (QED) is 0.681. The van der Waals surface area contributed by atoms with Crippen molar-refractivity contribution in [1.82, 2.24) is 9.55 Å². The molecule has 3 rings (SSSR count). The van der Waals surface area contributed by atoms with Crippen molar-refractivity contribution in [3.63, 3.8) is 0 Å². The minimum absolute atomic E-state index is 0.348. The molecule has 5 nitrogen and oxygen atoms in total. The highest BCUT2D eigenvalue weighted by Gasteiger charge is 2.18. The number of ether oxygens (including phenoxy) is 1. The number of aromatic nitrogens is 2. The van der Waals surface area contributed by atoms with Crippen LogP contribution in [0.25, 0.3) is 0 Å². The molecule has 1 N–H and O–H groups in total. The molecule has 5 heteroatoms. The van der Waals surface area contributed by atoms with Crippen molar-refractivity contribution < 1.29 is 4.74 Å². The van der Waals surface area contributed by atoms with E-state index in [0.29, 0.717) is 6.10 Å². The fourth-order valence-corrected chi connectivity index (χ4v) is 2.83. The molecule has 3 heterocycles. The Morgan fingerprint density at radius 3 is 3.09 bits per heavy atom. The Morgan fingerprint density at radius 1 is 1.45 bits per heavy atom. The maximum atomic E-state index is 5.74. The molecule has 22 heavy (non-hydrogen) atoms. The van der Waals surface area contributed by atoms with Crippen molar-refractivity contribution in [2.24, 2.45) is 5.10 Å². The van der Waals surface area contributed by atoms with Gasteiger partial charge in [-0.05, 0) is 44.9 Å². The molecule has 1 aliphatic rings. The highest BCUT2D eigenvalue weighted by Crippen LogP contribution is 2.19. The normalized spacial score (nSPS) is 18.2. The molecular weight excluding hydrogens is 276 g/mol. The van der Waals surface area contributed by atoms with Crippen LogP contribution in [0.1, 0.15) is 29.8 Å². The fourth-order valence-electron chi connectivity index (χ4n) is 2.83. The summed E-state index contributed by atoms with van der Waals surface area (Å²) in [5.74, 6) is 0.743. The first-order valence-electron chi connectivity index (χ1n) is 7.72. The van der Waals surface area contributed by atoms with Gasteiger partial charge in [-0.15, -0.1) is 0 Å². The van der Waals surface area contributed by atoms with Crippen LogP contribution in [0.15, 0.2) is 35.6 Å².